The lowest BCUT2D eigenvalue weighted by molar-refractivity contribution is -0.139. The number of hydrogen-bond donors (Lipinski definition) is 4. The van der Waals surface area contributed by atoms with Crippen LogP contribution in [0, 0.1) is 0 Å². The van der Waals surface area contributed by atoms with E-state index in [-0.39, 0.29) is 32.0 Å². The van der Waals surface area contributed by atoms with Gasteiger partial charge >= 0.3 is 12.1 Å². The Morgan fingerprint density at radius 1 is 1.00 bits per heavy atom. The van der Waals surface area contributed by atoms with Crippen LogP contribution in [0.3, 0.4) is 0 Å². The van der Waals surface area contributed by atoms with Gasteiger partial charge in [0.15, 0.2) is 5.96 Å². The molecule has 2 aromatic rings. The normalized spacial score (nSPS) is 11.1. The summed E-state index contributed by atoms with van der Waals surface area (Å²) in [6.07, 6.45) is -0.137. The van der Waals surface area contributed by atoms with Gasteiger partial charge in [-0.15, -0.1) is 0 Å². The summed E-state index contributed by atoms with van der Waals surface area (Å²) in [5.41, 5.74) is 12.0. The highest BCUT2D eigenvalue weighted by atomic mass is 16.5. The number of benzene rings is 2. The predicted molar refractivity (Wildman–Crippen MR) is 117 cm³/mol. The fraction of sp³-hybridized carbons (Fsp3) is 0.273. The highest BCUT2D eigenvalue weighted by Gasteiger charge is 2.20. The van der Waals surface area contributed by atoms with Crippen LogP contribution in [0.1, 0.15) is 24.0 Å². The lowest BCUT2D eigenvalue weighted by Crippen LogP contribution is -2.42. The van der Waals surface area contributed by atoms with E-state index in [4.69, 9.17) is 20.9 Å². The molecule has 32 heavy (non-hydrogen) atoms. The van der Waals surface area contributed by atoms with E-state index in [9.17, 15) is 19.5 Å². The van der Waals surface area contributed by atoms with Gasteiger partial charge in [0, 0.05) is 12.8 Å². The molecule has 2 amide bonds. The Bertz CT molecular complexity index is 927. The summed E-state index contributed by atoms with van der Waals surface area (Å²) < 4.78 is 10.6. The number of nitrogens with zero attached hydrogens (tertiary/aromatic N) is 1. The maximum atomic E-state index is 11.9. The van der Waals surface area contributed by atoms with Crippen LogP contribution in [0.2, 0.25) is 0 Å². The van der Waals surface area contributed by atoms with E-state index in [1.54, 1.807) is 36.4 Å². The van der Waals surface area contributed by atoms with Crippen molar-refractivity contribution in [2.75, 3.05) is 6.61 Å². The van der Waals surface area contributed by atoms with Crippen LogP contribution < -0.4 is 21.5 Å². The Labute approximate surface area is 185 Å². The number of carbonyl (C=O) groups excluding carboxylic acids is 2. The first-order chi connectivity index (χ1) is 15.3. The third-order valence-electron chi connectivity index (χ3n) is 4.28. The van der Waals surface area contributed by atoms with Gasteiger partial charge in [-0.25, -0.2) is 9.59 Å². The molecule has 0 aliphatic carbocycles. The van der Waals surface area contributed by atoms with Crippen molar-refractivity contribution in [3.63, 3.8) is 0 Å². The van der Waals surface area contributed by atoms with Crippen molar-refractivity contribution in [1.29, 1.82) is 0 Å². The number of nitrogens with two attached hydrogens (primary N) is 2. The number of hydrogen-bond acceptors (Lipinski definition) is 5. The van der Waals surface area contributed by atoms with E-state index in [0.717, 1.165) is 11.1 Å². The fourth-order valence-electron chi connectivity index (χ4n) is 2.66. The number of aliphatic carboxylic acids is 1. The monoisotopic (exact) mass is 442 g/mol. The number of carboxylic acid groups (broad SMARTS) is 1. The van der Waals surface area contributed by atoms with Gasteiger partial charge in [0.05, 0.1) is 6.61 Å². The number of carbonyl (C=O) groups is 3. The number of carboxylic acids is 1. The topological polar surface area (TPSA) is 166 Å². The van der Waals surface area contributed by atoms with Gasteiger partial charge in [-0.05, 0) is 29.7 Å². The number of nitrogens with one attached hydrogen (secondary N) is 1. The molecule has 1 unspecified atom stereocenters. The van der Waals surface area contributed by atoms with Crippen LogP contribution in [-0.4, -0.2) is 41.7 Å². The van der Waals surface area contributed by atoms with Gasteiger partial charge in [0.2, 0.25) is 5.91 Å². The molecular weight excluding hydrogens is 416 g/mol. The lowest BCUT2D eigenvalue weighted by Gasteiger charge is -2.15. The van der Waals surface area contributed by atoms with Crippen LogP contribution in [-0.2, 0) is 27.4 Å². The summed E-state index contributed by atoms with van der Waals surface area (Å²) >= 11 is 0. The molecule has 0 radical (unpaired) electrons. The number of ether oxygens (including phenoxy) is 2. The Hall–Kier alpha value is -4.08. The van der Waals surface area contributed by atoms with E-state index < -0.39 is 24.0 Å². The van der Waals surface area contributed by atoms with Crippen molar-refractivity contribution >= 4 is 23.9 Å². The van der Waals surface area contributed by atoms with Crippen molar-refractivity contribution in [3.8, 4) is 5.75 Å². The summed E-state index contributed by atoms with van der Waals surface area (Å²) in [5.74, 6) is -1.33. The van der Waals surface area contributed by atoms with Crippen molar-refractivity contribution in [2.24, 2.45) is 16.5 Å². The number of aryl methyl sites for hydroxylation is 1. The molecular formula is C22H26N4O6. The third-order valence-corrected chi connectivity index (χ3v) is 4.28. The molecule has 1 atom stereocenters. The molecule has 0 fully saturated rings. The molecule has 6 N–H and O–H groups in total. The van der Waals surface area contributed by atoms with Crippen molar-refractivity contribution < 1.29 is 29.0 Å². The summed E-state index contributed by atoms with van der Waals surface area (Å²) in [6.45, 7) is 0.109. The number of alkyl carbamates (subject to hydrolysis) is 1. The molecule has 0 aromatic heterocycles. The zero-order valence-electron chi connectivity index (χ0n) is 17.4. The highest BCUT2D eigenvalue weighted by molar-refractivity contribution is 5.91. The Balaban J connectivity index is 1.74. The number of rotatable bonds is 11. The zero-order chi connectivity index (χ0) is 23.3. The lowest BCUT2D eigenvalue weighted by atomic mass is 10.1. The SMILES string of the molecule is NC(N)=NC(=O)CCc1ccc(OCCC(NC(=O)OCc2ccccc2)C(=O)O)cc1. The van der Waals surface area contributed by atoms with Crippen LogP contribution in [0.5, 0.6) is 5.75 Å². The molecule has 0 aliphatic rings. The number of guanidine groups is 1. The summed E-state index contributed by atoms with van der Waals surface area (Å²) in [5, 5.41) is 11.6. The van der Waals surface area contributed by atoms with Gasteiger partial charge in [-0.3, -0.25) is 4.79 Å². The van der Waals surface area contributed by atoms with Gasteiger partial charge in [-0.2, -0.15) is 4.99 Å². The second kappa shape index (κ2) is 12.6. The molecule has 0 saturated carbocycles. The minimum Gasteiger partial charge on any atom is -0.494 e. The fourth-order valence-corrected chi connectivity index (χ4v) is 2.66. The number of aliphatic imine (C=N–C) groups is 1. The standard InChI is InChI=1S/C22H26N4O6/c23-21(24)26-19(27)11-8-15-6-9-17(10-7-15)31-13-12-18(20(28)29)25-22(30)32-14-16-4-2-1-3-5-16/h1-7,9-10,18H,8,11-14H2,(H,25,30)(H,28,29)(H4,23,24,26,27). The minimum absolute atomic E-state index is 0.0411. The van der Waals surface area contributed by atoms with Crippen molar-refractivity contribution in [2.45, 2.75) is 31.9 Å². The maximum absolute atomic E-state index is 11.9. The first-order valence-electron chi connectivity index (χ1n) is 9.87. The average Bonchev–Trinajstić information content (AvgIpc) is 2.76. The third kappa shape index (κ3) is 9.16. The molecule has 170 valence electrons. The van der Waals surface area contributed by atoms with Gasteiger partial charge < -0.3 is 31.4 Å². The first kappa shape index (κ1) is 24.2. The van der Waals surface area contributed by atoms with E-state index in [0.29, 0.717) is 12.2 Å². The summed E-state index contributed by atoms with van der Waals surface area (Å²) in [4.78, 5) is 38.2. The molecule has 0 aliphatic heterocycles. The van der Waals surface area contributed by atoms with E-state index in [1.165, 1.54) is 0 Å². The van der Waals surface area contributed by atoms with Crippen molar-refractivity contribution in [1.82, 2.24) is 5.32 Å². The van der Waals surface area contributed by atoms with E-state index >= 15 is 0 Å². The summed E-state index contributed by atoms with van der Waals surface area (Å²) in [7, 11) is 0. The van der Waals surface area contributed by atoms with E-state index in [2.05, 4.69) is 10.3 Å². The number of amides is 2. The quantitative estimate of drug-likeness (QED) is 0.300. The predicted octanol–water partition coefficient (Wildman–Crippen LogP) is 1.57. The van der Waals surface area contributed by atoms with Gasteiger partial charge in [-0.1, -0.05) is 42.5 Å². The van der Waals surface area contributed by atoms with Crippen LogP contribution in [0.15, 0.2) is 59.6 Å². The molecule has 0 bridgehead atoms. The van der Waals surface area contributed by atoms with Crippen molar-refractivity contribution in [3.05, 3.63) is 65.7 Å². The Morgan fingerprint density at radius 2 is 1.69 bits per heavy atom. The smallest absolute Gasteiger partial charge is 0.408 e. The molecule has 10 nitrogen and oxygen atoms in total. The minimum atomic E-state index is -1.19. The van der Waals surface area contributed by atoms with Gasteiger partial charge in [0.1, 0.15) is 18.4 Å². The van der Waals surface area contributed by atoms with Gasteiger partial charge in [0.25, 0.3) is 0 Å². The van der Waals surface area contributed by atoms with Crippen LogP contribution >= 0.6 is 0 Å². The second-order valence-corrected chi connectivity index (χ2v) is 6.81. The molecule has 2 aromatic carbocycles. The molecule has 10 heteroatoms. The summed E-state index contributed by atoms with van der Waals surface area (Å²) in [6, 6.07) is 14.9. The maximum Gasteiger partial charge on any atom is 0.408 e. The molecule has 0 heterocycles. The van der Waals surface area contributed by atoms with Crippen LogP contribution in [0.4, 0.5) is 4.79 Å². The van der Waals surface area contributed by atoms with E-state index in [1.807, 2.05) is 18.2 Å². The molecule has 2 rings (SSSR count). The molecule has 0 saturated heterocycles. The highest BCUT2D eigenvalue weighted by Crippen LogP contribution is 2.14. The van der Waals surface area contributed by atoms with Crippen LogP contribution in [0.25, 0.3) is 0 Å². The first-order valence-corrected chi connectivity index (χ1v) is 9.87. The Morgan fingerprint density at radius 3 is 2.31 bits per heavy atom. The molecule has 0 spiro atoms. The second-order valence-electron chi connectivity index (χ2n) is 6.81. The Kier molecular flexibility index (Phi) is 9.51. The average molecular weight is 442 g/mol. The largest absolute Gasteiger partial charge is 0.494 e. The zero-order valence-corrected chi connectivity index (χ0v) is 17.4.